The number of ether oxygens (including phenoxy) is 2. The zero-order chi connectivity index (χ0) is 15.2. The first-order chi connectivity index (χ1) is 10.0. The van der Waals surface area contributed by atoms with Gasteiger partial charge in [-0.25, -0.2) is 0 Å². The van der Waals surface area contributed by atoms with Crippen molar-refractivity contribution >= 4 is 5.97 Å². The minimum atomic E-state index is -0.820. The SMILES string of the molecule is CC1CN(CCOc2ccc(CC(=O)O)cc2)CC(C)O1. The van der Waals surface area contributed by atoms with Crippen LogP contribution in [0.3, 0.4) is 0 Å². The van der Waals surface area contributed by atoms with Gasteiger partial charge in [0.1, 0.15) is 12.4 Å². The Hall–Kier alpha value is -1.59. The molecule has 1 fully saturated rings. The minimum absolute atomic E-state index is 0.0455. The maximum atomic E-state index is 10.6. The fraction of sp³-hybridized carbons (Fsp3) is 0.562. The molecule has 116 valence electrons. The van der Waals surface area contributed by atoms with Crippen LogP contribution in [-0.4, -0.2) is 54.4 Å². The molecule has 1 saturated heterocycles. The molecule has 2 rings (SSSR count). The summed E-state index contributed by atoms with van der Waals surface area (Å²) in [6.07, 6.45) is 0.581. The predicted molar refractivity (Wildman–Crippen MR) is 79.7 cm³/mol. The molecule has 0 aliphatic carbocycles. The van der Waals surface area contributed by atoms with E-state index in [2.05, 4.69) is 18.7 Å². The number of benzene rings is 1. The lowest BCUT2D eigenvalue weighted by Crippen LogP contribution is -2.46. The van der Waals surface area contributed by atoms with Crippen molar-refractivity contribution in [1.82, 2.24) is 4.90 Å². The Morgan fingerprint density at radius 2 is 1.90 bits per heavy atom. The molecule has 1 aliphatic rings. The summed E-state index contributed by atoms with van der Waals surface area (Å²) < 4.78 is 11.4. The first-order valence-electron chi connectivity index (χ1n) is 7.34. The predicted octanol–water partition coefficient (Wildman–Crippen LogP) is 1.80. The summed E-state index contributed by atoms with van der Waals surface area (Å²) in [6, 6.07) is 7.23. The Kier molecular flexibility index (Phi) is 5.59. The number of nitrogens with zero attached hydrogens (tertiary/aromatic N) is 1. The normalized spacial score (nSPS) is 23.0. The Bertz CT molecular complexity index is 450. The highest BCUT2D eigenvalue weighted by atomic mass is 16.5. The summed E-state index contributed by atoms with van der Waals surface area (Å²) in [7, 11) is 0. The van der Waals surface area contributed by atoms with E-state index in [9.17, 15) is 4.79 Å². The van der Waals surface area contributed by atoms with Crippen LogP contribution in [0.1, 0.15) is 19.4 Å². The summed E-state index contributed by atoms with van der Waals surface area (Å²) in [5.41, 5.74) is 0.783. The van der Waals surface area contributed by atoms with Gasteiger partial charge < -0.3 is 14.6 Å². The van der Waals surface area contributed by atoms with Gasteiger partial charge in [-0.15, -0.1) is 0 Å². The molecule has 1 N–H and O–H groups in total. The Morgan fingerprint density at radius 1 is 1.29 bits per heavy atom. The molecular weight excluding hydrogens is 270 g/mol. The molecule has 2 unspecified atom stereocenters. The number of aliphatic carboxylic acids is 1. The van der Waals surface area contributed by atoms with Crippen LogP contribution in [0.4, 0.5) is 0 Å². The summed E-state index contributed by atoms with van der Waals surface area (Å²) in [5.74, 6) is -0.0438. The lowest BCUT2D eigenvalue weighted by molar-refractivity contribution is -0.136. The van der Waals surface area contributed by atoms with Crippen molar-refractivity contribution in [2.24, 2.45) is 0 Å². The molecule has 0 saturated carbocycles. The van der Waals surface area contributed by atoms with Crippen LogP contribution in [0.5, 0.6) is 5.75 Å². The molecule has 1 aliphatic heterocycles. The van der Waals surface area contributed by atoms with E-state index in [1.165, 1.54) is 0 Å². The van der Waals surface area contributed by atoms with Gasteiger partial charge >= 0.3 is 5.97 Å². The average molecular weight is 293 g/mol. The molecule has 1 aromatic rings. The van der Waals surface area contributed by atoms with Crippen molar-refractivity contribution in [1.29, 1.82) is 0 Å². The number of hydrogen-bond donors (Lipinski definition) is 1. The molecule has 21 heavy (non-hydrogen) atoms. The van der Waals surface area contributed by atoms with E-state index in [0.717, 1.165) is 30.9 Å². The summed E-state index contributed by atoms with van der Waals surface area (Å²) >= 11 is 0. The lowest BCUT2D eigenvalue weighted by Gasteiger charge is -2.35. The number of carboxylic acids is 1. The molecule has 0 radical (unpaired) electrons. The Labute approximate surface area is 125 Å². The summed E-state index contributed by atoms with van der Waals surface area (Å²) in [6.45, 7) is 7.54. The molecule has 1 heterocycles. The van der Waals surface area contributed by atoms with Gasteiger partial charge in [0.25, 0.3) is 0 Å². The number of hydrogen-bond acceptors (Lipinski definition) is 4. The molecular formula is C16H23NO4. The quantitative estimate of drug-likeness (QED) is 0.866. The van der Waals surface area contributed by atoms with E-state index >= 15 is 0 Å². The molecule has 5 nitrogen and oxygen atoms in total. The van der Waals surface area contributed by atoms with Gasteiger partial charge in [0.05, 0.1) is 18.6 Å². The van der Waals surface area contributed by atoms with Crippen LogP contribution in [0, 0.1) is 0 Å². The average Bonchev–Trinajstić information content (AvgIpc) is 2.39. The Morgan fingerprint density at radius 3 is 2.48 bits per heavy atom. The maximum Gasteiger partial charge on any atom is 0.307 e. The van der Waals surface area contributed by atoms with Gasteiger partial charge in [-0.05, 0) is 31.5 Å². The van der Waals surface area contributed by atoms with Crippen molar-refractivity contribution in [3.05, 3.63) is 29.8 Å². The molecule has 0 spiro atoms. The number of carbonyl (C=O) groups is 1. The molecule has 5 heteroatoms. The third-order valence-electron chi connectivity index (χ3n) is 3.45. The van der Waals surface area contributed by atoms with E-state index in [1.807, 2.05) is 12.1 Å². The monoisotopic (exact) mass is 293 g/mol. The van der Waals surface area contributed by atoms with Crippen LogP contribution in [-0.2, 0) is 16.0 Å². The highest BCUT2D eigenvalue weighted by molar-refractivity contribution is 5.70. The second kappa shape index (κ2) is 7.43. The van der Waals surface area contributed by atoms with Gasteiger partial charge in [-0.3, -0.25) is 9.69 Å². The van der Waals surface area contributed by atoms with Gasteiger partial charge in [-0.2, -0.15) is 0 Å². The van der Waals surface area contributed by atoms with E-state index in [1.54, 1.807) is 12.1 Å². The summed E-state index contributed by atoms with van der Waals surface area (Å²) in [4.78, 5) is 13.0. The first kappa shape index (κ1) is 15.8. The third-order valence-corrected chi connectivity index (χ3v) is 3.45. The fourth-order valence-corrected chi connectivity index (χ4v) is 2.64. The number of morpholine rings is 1. The van der Waals surface area contributed by atoms with Gasteiger partial charge in [-0.1, -0.05) is 12.1 Å². The number of carboxylic acid groups (broad SMARTS) is 1. The maximum absolute atomic E-state index is 10.6. The highest BCUT2D eigenvalue weighted by Gasteiger charge is 2.21. The van der Waals surface area contributed by atoms with Gasteiger partial charge in [0.15, 0.2) is 0 Å². The van der Waals surface area contributed by atoms with Crippen LogP contribution < -0.4 is 4.74 Å². The van der Waals surface area contributed by atoms with E-state index in [4.69, 9.17) is 14.6 Å². The second-order valence-corrected chi connectivity index (χ2v) is 5.58. The zero-order valence-corrected chi connectivity index (χ0v) is 12.6. The molecule has 0 bridgehead atoms. The first-order valence-corrected chi connectivity index (χ1v) is 7.34. The molecule has 0 amide bonds. The van der Waals surface area contributed by atoms with Crippen LogP contribution in [0.15, 0.2) is 24.3 Å². The Balaban J connectivity index is 1.74. The zero-order valence-electron chi connectivity index (χ0n) is 12.6. The summed E-state index contributed by atoms with van der Waals surface area (Å²) in [5, 5.41) is 8.72. The minimum Gasteiger partial charge on any atom is -0.492 e. The molecule has 2 atom stereocenters. The van der Waals surface area contributed by atoms with Crippen LogP contribution in [0.2, 0.25) is 0 Å². The van der Waals surface area contributed by atoms with Gasteiger partial charge in [0, 0.05) is 19.6 Å². The van der Waals surface area contributed by atoms with Crippen molar-refractivity contribution < 1.29 is 19.4 Å². The largest absolute Gasteiger partial charge is 0.492 e. The molecule has 0 aromatic heterocycles. The van der Waals surface area contributed by atoms with Crippen molar-refractivity contribution in [3.8, 4) is 5.75 Å². The van der Waals surface area contributed by atoms with Gasteiger partial charge in [0.2, 0.25) is 0 Å². The lowest BCUT2D eigenvalue weighted by atomic mass is 10.1. The van der Waals surface area contributed by atoms with E-state index in [0.29, 0.717) is 6.61 Å². The van der Waals surface area contributed by atoms with E-state index in [-0.39, 0.29) is 18.6 Å². The number of rotatable bonds is 6. The highest BCUT2D eigenvalue weighted by Crippen LogP contribution is 2.14. The molecule has 1 aromatic carbocycles. The van der Waals surface area contributed by atoms with Crippen molar-refractivity contribution in [2.75, 3.05) is 26.2 Å². The smallest absolute Gasteiger partial charge is 0.307 e. The second-order valence-electron chi connectivity index (χ2n) is 5.58. The van der Waals surface area contributed by atoms with Crippen molar-refractivity contribution in [3.63, 3.8) is 0 Å². The van der Waals surface area contributed by atoms with Crippen LogP contribution >= 0.6 is 0 Å². The van der Waals surface area contributed by atoms with Crippen molar-refractivity contribution in [2.45, 2.75) is 32.5 Å². The van der Waals surface area contributed by atoms with Crippen LogP contribution in [0.25, 0.3) is 0 Å². The standard InChI is InChI=1S/C16H23NO4/c1-12-10-17(11-13(2)21-12)7-8-20-15-5-3-14(4-6-15)9-16(18)19/h3-6,12-13H,7-11H2,1-2H3,(H,18,19). The fourth-order valence-electron chi connectivity index (χ4n) is 2.64. The van der Waals surface area contributed by atoms with E-state index < -0.39 is 5.97 Å². The third kappa shape index (κ3) is 5.36. The topological polar surface area (TPSA) is 59.0 Å².